The minimum Gasteiger partial charge on any atom is -0.409 e. The first-order valence-corrected chi connectivity index (χ1v) is 29.6. The third kappa shape index (κ3) is 11.3. The van der Waals surface area contributed by atoms with Gasteiger partial charge in [-0.25, -0.2) is 0 Å². The van der Waals surface area contributed by atoms with Crippen LogP contribution in [-0.4, -0.2) is 70.6 Å². The number of hydrogen-bond donors (Lipinski definition) is 0. The number of benzene rings is 1. The van der Waals surface area contributed by atoms with Crippen LogP contribution in [0.5, 0.6) is 0 Å². The van der Waals surface area contributed by atoms with Crippen LogP contribution in [0.15, 0.2) is 22.7 Å². The van der Waals surface area contributed by atoms with Gasteiger partial charge in [-0.15, -0.1) is 0 Å². The van der Waals surface area contributed by atoms with E-state index in [2.05, 4.69) is 114 Å². The molecule has 12 heteroatoms. The molecule has 1 aliphatic heterocycles. The first-order valence-electron chi connectivity index (χ1n) is 15.2. The first kappa shape index (κ1) is 38.5. The standard InChI is InChI=1S/C30H59BrO7Si4/c1-17-25-26(35-39(5,6)7)27(36-40(8,9)10)28(37-41(11,12)13)30(34-25,38-42(14,15)16)24-20-23(31)19-18-22(24)21-33-29(2,3)32-4/h18-20,25-28H,17,21H2,1-16H3/t25-,26-,27+,28-,30?/m1/s1. The maximum absolute atomic E-state index is 7.34. The number of ether oxygens (including phenoxy) is 3. The van der Waals surface area contributed by atoms with Gasteiger partial charge in [0.25, 0.3) is 0 Å². The molecule has 1 saturated heterocycles. The Morgan fingerprint density at radius 1 is 0.810 bits per heavy atom. The number of rotatable bonds is 14. The molecule has 5 atom stereocenters. The Morgan fingerprint density at radius 3 is 1.79 bits per heavy atom. The molecule has 2 rings (SSSR count). The Bertz CT molecular complexity index is 1030. The molecule has 7 nitrogen and oxygen atoms in total. The second-order valence-electron chi connectivity index (χ2n) is 15.7. The summed E-state index contributed by atoms with van der Waals surface area (Å²) >= 11 is 3.76. The molecule has 1 fully saturated rings. The molecule has 0 amide bonds. The highest BCUT2D eigenvalue weighted by atomic mass is 79.9. The molecular formula is C30H59BrO7Si4. The summed E-state index contributed by atoms with van der Waals surface area (Å²) < 4.78 is 48.8. The van der Waals surface area contributed by atoms with Crippen LogP contribution >= 0.6 is 15.9 Å². The molecule has 0 aromatic heterocycles. The number of hydrogen-bond acceptors (Lipinski definition) is 7. The Hall–Kier alpha value is 0.288. The Morgan fingerprint density at radius 2 is 1.33 bits per heavy atom. The molecule has 244 valence electrons. The minimum atomic E-state index is -2.27. The average Bonchev–Trinajstić information content (AvgIpc) is 2.78. The van der Waals surface area contributed by atoms with Crippen LogP contribution in [-0.2, 0) is 44.3 Å². The van der Waals surface area contributed by atoms with E-state index in [-0.39, 0.29) is 18.3 Å². The zero-order valence-electron chi connectivity index (χ0n) is 29.2. The van der Waals surface area contributed by atoms with Crippen LogP contribution in [0.3, 0.4) is 0 Å². The predicted molar refractivity (Wildman–Crippen MR) is 186 cm³/mol. The fraction of sp³-hybridized carbons (Fsp3) is 0.800. The average molecular weight is 724 g/mol. The molecule has 0 aliphatic carbocycles. The molecule has 1 aliphatic rings. The lowest BCUT2D eigenvalue weighted by atomic mass is 9.85. The van der Waals surface area contributed by atoms with E-state index >= 15 is 0 Å². The highest BCUT2D eigenvalue weighted by Gasteiger charge is 2.61. The van der Waals surface area contributed by atoms with Crippen LogP contribution in [0.25, 0.3) is 0 Å². The van der Waals surface area contributed by atoms with Gasteiger partial charge < -0.3 is 31.9 Å². The maximum atomic E-state index is 7.34. The molecule has 0 spiro atoms. The maximum Gasteiger partial charge on any atom is 0.215 e. The molecule has 1 unspecified atom stereocenters. The highest BCUT2D eigenvalue weighted by Crippen LogP contribution is 2.49. The van der Waals surface area contributed by atoms with E-state index in [0.29, 0.717) is 6.61 Å². The Balaban J connectivity index is 2.99. The fourth-order valence-corrected chi connectivity index (χ4v) is 9.78. The zero-order valence-corrected chi connectivity index (χ0v) is 34.8. The second kappa shape index (κ2) is 14.0. The summed E-state index contributed by atoms with van der Waals surface area (Å²) in [6, 6.07) is 6.22. The summed E-state index contributed by atoms with van der Waals surface area (Å²) in [5.74, 6) is -2.00. The molecule has 0 bridgehead atoms. The van der Waals surface area contributed by atoms with Crippen LogP contribution in [0.2, 0.25) is 78.6 Å². The van der Waals surface area contributed by atoms with Gasteiger partial charge in [0.2, 0.25) is 5.79 Å². The van der Waals surface area contributed by atoms with E-state index < -0.39 is 50.9 Å². The fourth-order valence-electron chi connectivity index (χ4n) is 5.01. The van der Waals surface area contributed by atoms with Crippen LogP contribution in [0.4, 0.5) is 0 Å². The van der Waals surface area contributed by atoms with E-state index in [0.717, 1.165) is 22.0 Å². The van der Waals surface area contributed by atoms with E-state index in [1.165, 1.54) is 0 Å². The van der Waals surface area contributed by atoms with Crippen LogP contribution in [0, 0.1) is 0 Å². The zero-order chi connectivity index (χ0) is 32.5. The topological polar surface area (TPSA) is 64.6 Å². The lowest BCUT2D eigenvalue weighted by Crippen LogP contribution is -2.70. The largest absolute Gasteiger partial charge is 0.409 e. The number of halogens is 1. The summed E-state index contributed by atoms with van der Waals surface area (Å²) in [6.45, 7) is 32.9. The van der Waals surface area contributed by atoms with E-state index in [1.807, 2.05) is 19.9 Å². The van der Waals surface area contributed by atoms with Gasteiger partial charge >= 0.3 is 0 Å². The van der Waals surface area contributed by atoms with Crippen molar-refractivity contribution in [2.75, 3.05) is 7.11 Å². The summed E-state index contributed by atoms with van der Waals surface area (Å²) in [4.78, 5) is 0. The minimum absolute atomic E-state index is 0.265. The lowest BCUT2D eigenvalue weighted by Gasteiger charge is -2.57. The van der Waals surface area contributed by atoms with E-state index in [9.17, 15) is 0 Å². The van der Waals surface area contributed by atoms with Crippen LogP contribution < -0.4 is 0 Å². The SMILES string of the molecule is CC[C@H]1OC(O[Si](C)(C)C)(c2cc(Br)ccc2COC(C)(C)OC)[C@H](O[Si](C)(C)C)[C@@H](O[Si](C)(C)C)[C@@H]1O[Si](C)(C)C. The molecular weight excluding hydrogens is 665 g/mol. The van der Waals surface area contributed by atoms with E-state index in [1.54, 1.807) is 7.11 Å². The summed E-state index contributed by atoms with van der Waals surface area (Å²) in [5.41, 5.74) is 1.85. The van der Waals surface area contributed by atoms with Crippen molar-refractivity contribution in [3.05, 3.63) is 33.8 Å². The predicted octanol–water partition coefficient (Wildman–Crippen LogP) is 8.82. The molecule has 1 heterocycles. The molecule has 1 aromatic carbocycles. The van der Waals surface area contributed by atoms with Crippen molar-refractivity contribution in [3.63, 3.8) is 0 Å². The molecule has 0 saturated carbocycles. The van der Waals surface area contributed by atoms with Gasteiger partial charge in [-0.05, 0) is 117 Å². The monoisotopic (exact) mass is 722 g/mol. The molecule has 1 aromatic rings. The van der Waals surface area contributed by atoms with Gasteiger partial charge in [0.15, 0.2) is 39.1 Å². The van der Waals surface area contributed by atoms with Gasteiger partial charge in [-0.2, -0.15) is 0 Å². The van der Waals surface area contributed by atoms with Crippen LogP contribution in [0.1, 0.15) is 38.3 Å². The third-order valence-electron chi connectivity index (χ3n) is 6.52. The van der Waals surface area contributed by atoms with Crippen molar-refractivity contribution in [1.82, 2.24) is 0 Å². The summed E-state index contributed by atoms with van der Waals surface area (Å²) in [7, 11) is -6.89. The molecule has 0 N–H and O–H groups in total. The van der Waals surface area contributed by atoms with Crippen molar-refractivity contribution in [3.8, 4) is 0 Å². The van der Waals surface area contributed by atoms with Gasteiger partial charge in [-0.3, -0.25) is 0 Å². The Kier molecular flexibility index (Phi) is 12.8. The van der Waals surface area contributed by atoms with E-state index in [4.69, 9.17) is 31.9 Å². The Labute approximate surface area is 269 Å². The first-order chi connectivity index (χ1) is 18.8. The van der Waals surface area contributed by atoms with Crippen molar-refractivity contribution in [2.45, 2.75) is 148 Å². The molecule has 0 radical (unpaired) electrons. The van der Waals surface area contributed by atoms with Crippen molar-refractivity contribution < 1.29 is 31.9 Å². The summed E-state index contributed by atoms with van der Waals surface area (Å²) in [5, 5.41) is 0. The quantitative estimate of drug-likeness (QED) is 0.140. The molecule has 42 heavy (non-hydrogen) atoms. The lowest BCUT2D eigenvalue weighted by molar-refractivity contribution is -0.337. The smallest absolute Gasteiger partial charge is 0.215 e. The van der Waals surface area contributed by atoms with Crippen molar-refractivity contribution in [1.29, 1.82) is 0 Å². The highest BCUT2D eigenvalue weighted by molar-refractivity contribution is 9.10. The van der Waals surface area contributed by atoms with Crippen molar-refractivity contribution in [2.24, 2.45) is 0 Å². The van der Waals surface area contributed by atoms with Crippen molar-refractivity contribution >= 4 is 49.2 Å². The van der Waals surface area contributed by atoms with Gasteiger partial charge in [0, 0.05) is 17.1 Å². The third-order valence-corrected chi connectivity index (χ3v) is 10.9. The van der Waals surface area contributed by atoms with Gasteiger partial charge in [-0.1, -0.05) is 28.9 Å². The van der Waals surface area contributed by atoms with Gasteiger partial charge in [0.05, 0.1) is 18.8 Å². The number of methoxy groups -OCH3 is 1. The summed E-state index contributed by atoms with van der Waals surface area (Å²) in [6.07, 6.45) is -0.747. The second-order valence-corrected chi connectivity index (χ2v) is 34.4. The van der Waals surface area contributed by atoms with Gasteiger partial charge in [0.1, 0.15) is 12.2 Å². The normalized spacial score (nSPS) is 26.5.